The summed E-state index contributed by atoms with van der Waals surface area (Å²) in [6.45, 7) is 3.32. The number of hydrogen-bond donors (Lipinski definition) is 3. The maximum atomic E-state index is 13.5. The Labute approximate surface area is 185 Å². The van der Waals surface area contributed by atoms with Crippen molar-refractivity contribution in [2.24, 2.45) is 0 Å². The molecule has 1 atom stereocenters. The van der Waals surface area contributed by atoms with Gasteiger partial charge in [-0.05, 0) is 37.5 Å². The Bertz CT molecular complexity index is 936. The average Bonchev–Trinajstić information content (AvgIpc) is 2.73. The molecule has 7 nitrogen and oxygen atoms in total. The normalized spacial score (nSPS) is 27.8. The van der Waals surface area contributed by atoms with Crippen molar-refractivity contribution in [3.05, 3.63) is 47.4 Å². The number of nitrogens with one attached hydrogen (secondary N) is 2. The van der Waals surface area contributed by atoms with E-state index in [4.69, 9.17) is 21.1 Å². The van der Waals surface area contributed by atoms with Gasteiger partial charge in [0.1, 0.15) is 30.2 Å². The van der Waals surface area contributed by atoms with Crippen LogP contribution in [0.4, 0.5) is 15.9 Å². The first-order valence-corrected chi connectivity index (χ1v) is 10.9. The molecule has 1 aromatic carbocycles. The van der Waals surface area contributed by atoms with Crippen LogP contribution in [0.15, 0.2) is 36.5 Å². The molecule has 4 aliphatic rings. The molecule has 0 spiro atoms. The van der Waals surface area contributed by atoms with E-state index in [0.29, 0.717) is 5.75 Å². The highest BCUT2D eigenvalue weighted by Crippen LogP contribution is 2.61. The molecule has 2 aromatic rings. The largest absolute Gasteiger partial charge is 0.489 e. The summed E-state index contributed by atoms with van der Waals surface area (Å²) in [6.07, 6.45) is 3.75. The number of morpholine rings is 1. The molecular weight excluding hydrogens is 423 g/mol. The van der Waals surface area contributed by atoms with Crippen LogP contribution in [0.2, 0.25) is 5.02 Å². The number of aliphatic hydroxyl groups excluding tert-OH is 1. The van der Waals surface area contributed by atoms with Crippen molar-refractivity contribution in [2.45, 2.75) is 36.6 Å². The van der Waals surface area contributed by atoms with Crippen LogP contribution in [0.25, 0.3) is 0 Å². The maximum absolute atomic E-state index is 13.5. The number of aliphatic hydroxyl groups is 1. The first-order valence-electron chi connectivity index (χ1n) is 10.5. The second kappa shape index (κ2) is 8.09. The second-order valence-electron chi connectivity index (χ2n) is 8.76. The summed E-state index contributed by atoms with van der Waals surface area (Å²) in [4.78, 5) is 6.80. The number of ether oxygens (including phenoxy) is 2. The van der Waals surface area contributed by atoms with Gasteiger partial charge in [-0.15, -0.1) is 0 Å². The minimum Gasteiger partial charge on any atom is -0.489 e. The number of hydrogen-bond acceptors (Lipinski definition) is 7. The van der Waals surface area contributed by atoms with Crippen molar-refractivity contribution in [3.8, 4) is 5.75 Å². The minimum atomic E-state index is -0.834. The van der Waals surface area contributed by atoms with Crippen LogP contribution in [-0.2, 0) is 4.74 Å². The zero-order valence-electron chi connectivity index (χ0n) is 17.1. The molecule has 6 rings (SSSR count). The van der Waals surface area contributed by atoms with Crippen LogP contribution in [0, 0.1) is 5.82 Å². The van der Waals surface area contributed by atoms with Gasteiger partial charge in [0.15, 0.2) is 0 Å². The highest BCUT2D eigenvalue weighted by molar-refractivity contribution is 6.30. The Kier molecular flexibility index (Phi) is 5.42. The van der Waals surface area contributed by atoms with Crippen molar-refractivity contribution in [3.63, 3.8) is 0 Å². The number of rotatable bonds is 8. The van der Waals surface area contributed by atoms with Crippen LogP contribution in [0.3, 0.4) is 0 Å². The molecule has 1 unspecified atom stereocenters. The number of benzene rings is 1. The summed E-state index contributed by atoms with van der Waals surface area (Å²) in [6, 6.07) is 8.36. The number of nitrogens with zero attached hydrogens (tertiary/aromatic N) is 2. The van der Waals surface area contributed by atoms with Crippen molar-refractivity contribution in [2.75, 3.05) is 43.1 Å². The van der Waals surface area contributed by atoms with E-state index in [0.717, 1.165) is 57.1 Å². The molecule has 1 aromatic heterocycles. The topological polar surface area (TPSA) is 78.9 Å². The molecule has 9 heteroatoms. The Morgan fingerprint density at radius 1 is 1.19 bits per heavy atom. The van der Waals surface area contributed by atoms with Gasteiger partial charge in [0, 0.05) is 48.2 Å². The molecule has 1 aliphatic heterocycles. The molecule has 3 aliphatic carbocycles. The lowest BCUT2D eigenvalue weighted by Gasteiger charge is -2.71. The maximum Gasteiger partial charge on any atom is 0.145 e. The van der Waals surface area contributed by atoms with Gasteiger partial charge in [0.25, 0.3) is 0 Å². The molecule has 0 amide bonds. The number of anilines is 2. The van der Waals surface area contributed by atoms with E-state index >= 15 is 0 Å². The lowest BCUT2D eigenvalue weighted by Crippen LogP contribution is -2.82. The molecule has 0 radical (unpaired) electrons. The summed E-state index contributed by atoms with van der Waals surface area (Å²) in [5.41, 5.74) is 1.11. The quantitative estimate of drug-likeness (QED) is 0.536. The van der Waals surface area contributed by atoms with Gasteiger partial charge < -0.3 is 24.8 Å². The van der Waals surface area contributed by atoms with Crippen molar-refractivity contribution >= 4 is 23.1 Å². The van der Waals surface area contributed by atoms with Gasteiger partial charge in [-0.3, -0.25) is 5.32 Å². The zero-order valence-corrected chi connectivity index (χ0v) is 17.9. The van der Waals surface area contributed by atoms with E-state index in [2.05, 4.69) is 26.6 Å². The van der Waals surface area contributed by atoms with Gasteiger partial charge >= 0.3 is 0 Å². The third kappa shape index (κ3) is 4.30. The smallest absolute Gasteiger partial charge is 0.145 e. The van der Waals surface area contributed by atoms with Crippen molar-refractivity contribution in [1.29, 1.82) is 0 Å². The first kappa shape index (κ1) is 20.8. The monoisotopic (exact) mass is 448 g/mol. The van der Waals surface area contributed by atoms with Crippen LogP contribution in [0.5, 0.6) is 5.75 Å². The van der Waals surface area contributed by atoms with Crippen LogP contribution in [0.1, 0.15) is 19.3 Å². The van der Waals surface area contributed by atoms with Gasteiger partial charge in [-0.25, -0.2) is 9.37 Å². The molecule has 1 saturated heterocycles. The molecule has 3 N–H and O–H groups in total. The van der Waals surface area contributed by atoms with E-state index < -0.39 is 12.0 Å². The average molecular weight is 449 g/mol. The third-order valence-electron chi connectivity index (χ3n) is 6.32. The Morgan fingerprint density at radius 2 is 1.97 bits per heavy atom. The van der Waals surface area contributed by atoms with Gasteiger partial charge in [0.05, 0.1) is 18.2 Å². The second-order valence-corrected chi connectivity index (χ2v) is 9.17. The van der Waals surface area contributed by atoms with Gasteiger partial charge in [-0.2, -0.15) is 0 Å². The number of aromatic nitrogens is 1. The Hall–Kier alpha value is -2.13. The van der Waals surface area contributed by atoms with Crippen molar-refractivity contribution in [1.82, 2.24) is 10.3 Å². The summed E-state index contributed by atoms with van der Waals surface area (Å²) in [7, 11) is 0. The van der Waals surface area contributed by atoms with Crippen LogP contribution in [-0.4, -0.2) is 60.3 Å². The Morgan fingerprint density at radius 3 is 2.71 bits per heavy atom. The van der Waals surface area contributed by atoms with E-state index in [-0.39, 0.29) is 22.7 Å². The SMILES string of the molecule is OC(COc1ccc(Cl)c(F)c1)NC12CC(Nc3cc(N4CCOCC4)ccn3)(C1)C2. The van der Waals surface area contributed by atoms with Crippen LogP contribution < -0.4 is 20.3 Å². The predicted octanol–water partition coefficient (Wildman–Crippen LogP) is 2.78. The number of pyridine rings is 1. The standard InChI is InChI=1S/C22H26ClFN4O3/c23-17-2-1-16(10-18(17)24)31-11-20(29)27-22-12-21(13-22,14-22)26-19-9-15(3-4-25-19)28-5-7-30-8-6-28/h1-4,9-10,20,27,29H,5-8,11-14H2,(H,25,26). The summed E-state index contributed by atoms with van der Waals surface area (Å²) >= 11 is 5.67. The lowest BCUT2D eigenvalue weighted by atomic mass is 9.44. The number of halogens is 2. The zero-order chi connectivity index (χ0) is 21.5. The van der Waals surface area contributed by atoms with Crippen LogP contribution >= 0.6 is 11.6 Å². The molecule has 3 saturated carbocycles. The van der Waals surface area contributed by atoms with E-state index in [9.17, 15) is 9.50 Å². The fourth-order valence-corrected chi connectivity index (χ4v) is 5.11. The first-order chi connectivity index (χ1) is 14.9. The molecule has 166 valence electrons. The van der Waals surface area contributed by atoms with Crippen molar-refractivity contribution < 1.29 is 19.0 Å². The van der Waals surface area contributed by atoms with E-state index in [1.165, 1.54) is 12.1 Å². The lowest BCUT2D eigenvalue weighted by molar-refractivity contribution is -0.101. The molecule has 31 heavy (non-hydrogen) atoms. The summed E-state index contributed by atoms with van der Waals surface area (Å²) in [5, 5.41) is 17.2. The minimum absolute atomic E-state index is 0.0313. The van der Waals surface area contributed by atoms with E-state index in [1.807, 2.05) is 12.3 Å². The van der Waals surface area contributed by atoms with E-state index in [1.54, 1.807) is 6.07 Å². The third-order valence-corrected chi connectivity index (χ3v) is 6.62. The summed E-state index contributed by atoms with van der Waals surface area (Å²) < 4.78 is 24.4. The molecule has 2 heterocycles. The molecular formula is C22H26ClFN4O3. The Balaban J connectivity index is 1.10. The predicted molar refractivity (Wildman–Crippen MR) is 116 cm³/mol. The fraction of sp³-hybridized carbons (Fsp3) is 0.500. The highest BCUT2D eigenvalue weighted by atomic mass is 35.5. The molecule has 2 bridgehead atoms. The fourth-order valence-electron chi connectivity index (χ4n) is 4.99. The highest BCUT2D eigenvalue weighted by Gasteiger charge is 2.68. The molecule has 4 fully saturated rings. The van der Waals surface area contributed by atoms with Gasteiger partial charge in [-0.1, -0.05) is 11.6 Å². The van der Waals surface area contributed by atoms with Gasteiger partial charge in [0.2, 0.25) is 0 Å². The summed E-state index contributed by atoms with van der Waals surface area (Å²) in [5.74, 6) is 0.677.